The van der Waals surface area contributed by atoms with Crippen LogP contribution in [-0.4, -0.2) is 56.7 Å². The van der Waals surface area contributed by atoms with Crippen molar-refractivity contribution >= 4 is 17.6 Å². The van der Waals surface area contributed by atoms with E-state index in [4.69, 9.17) is 9.47 Å². The summed E-state index contributed by atoms with van der Waals surface area (Å²) in [6.45, 7) is 2.21. The van der Waals surface area contributed by atoms with Crippen molar-refractivity contribution in [2.24, 2.45) is 0 Å². The Kier molecular flexibility index (Phi) is 5.75. The van der Waals surface area contributed by atoms with Gasteiger partial charge in [-0.3, -0.25) is 4.79 Å². The third-order valence-corrected chi connectivity index (χ3v) is 4.43. The Labute approximate surface area is 157 Å². The highest BCUT2D eigenvalue weighted by atomic mass is 16.5. The molecule has 1 aliphatic heterocycles. The van der Waals surface area contributed by atoms with Crippen LogP contribution in [0.2, 0.25) is 0 Å². The number of benzene rings is 1. The summed E-state index contributed by atoms with van der Waals surface area (Å²) in [5, 5.41) is 11.0. The van der Waals surface area contributed by atoms with Crippen LogP contribution in [0.15, 0.2) is 48.8 Å². The van der Waals surface area contributed by atoms with Crippen LogP contribution >= 0.6 is 0 Å². The minimum atomic E-state index is -0.624. The van der Waals surface area contributed by atoms with Gasteiger partial charge < -0.3 is 24.5 Å². The summed E-state index contributed by atoms with van der Waals surface area (Å²) in [6.07, 6.45) is 2.41. The molecule has 0 aliphatic carbocycles. The average Bonchev–Trinajstić information content (AvgIpc) is 2.72. The fourth-order valence-corrected chi connectivity index (χ4v) is 2.86. The number of amides is 1. The Bertz CT molecular complexity index is 784. The average molecular weight is 371 g/mol. The van der Waals surface area contributed by atoms with Crippen molar-refractivity contribution in [2.75, 3.05) is 44.8 Å². The molecule has 2 heterocycles. The van der Waals surface area contributed by atoms with Crippen LogP contribution in [0.3, 0.4) is 0 Å². The maximum absolute atomic E-state index is 12.3. The van der Waals surface area contributed by atoms with Crippen molar-refractivity contribution in [3.63, 3.8) is 0 Å². The minimum Gasteiger partial charge on any atom is -0.619 e. The molecular formula is C19H21N3O5. The van der Waals surface area contributed by atoms with Gasteiger partial charge in [-0.25, -0.2) is 4.79 Å². The minimum absolute atomic E-state index is 0.229. The second kappa shape index (κ2) is 8.39. The van der Waals surface area contributed by atoms with Crippen LogP contribution in [0.25, 0.3) is 0 Å². The molecule has 1 saturated heterocycles. The summed E-state index contributed by atoms with van der Waals surface area (Å²) in [7, 11) is 1.63. The maximum Gasteiger partial charge on any atom is 0.339 e. The highest BCUT2D eigenvalue weighted by Crippen LogP contribution is 2.20. The number of anilines is 1. The van der Waals surface area contributed by atoms with Gasteiger partial charge in [0.2, 0.25) is 0 Å². The first-order chi connectivity index (χ1) is 13.1. The summed E-state index contributed by atoms with van der Waals surface area (Å²) in [5.41, 5.74) is 1.31. The van der Waals surface area contributed by atoms with Gasteiger partial charge in [0.25, 0.3) is 5.91 Å². The van der Waals surface area contributed by atoms with Crippen LogP contribution < -0.4 is 14.4 Å². The first-order valence-electron chi connectivity index (χ1n) is 8.59. The molecule has 8 heteroatoms. The molecule has 3 rings (SSSR count). The first kappa shape index (κ1) is 18.5. The molecule has 0 bridgehead atoms. The van der Waals surface area contributed by atoms with E-state index in [1.807, 2.05) is 24.3 Å². The lowest BCUT2D eigenvalue weighted by molar-refractivity contribution is -0.605. The first-order valence-corrected chi connectivity index (χ1v) is 8.59. The normalized spacial score (nSPS) is 14.0. The monoisotopic (exact) mass is 371 g/mol. The Morgan fingerprint density at radius 2 is 1.67 bits per heavy atom. The van der Waals surface area contributed by atoms with E-state index in [0.717, 1.165) is 11.4 Å². The van der Waals surface area contributed by atoms with Crippen LogP contribution in [0, 0.1) is 5.21 Å². The molecule has 1 aromatic heterocycles. The van der Waals surface area contributed by atoms with Crippen LogP contribution in [0.1, 0.15) is 10.4 Å². The fraction of sp³-hybridized carbons (Fsp3) is 0.316. The number of esters is 1. The van der Waals surface area contributed by atoms with Crippen molar-refractivity contribution in [3.05, 3.63) is 59.6 Å². The molecule has 0 N–H and O–H groups in total. The molecule has 27 heavy (non-hydrogen) atoms. The zero-order valence-corrected chi connectivity index (χ0v) is 15.0. The number of pyridine rings is 1. The highest BCUT2D eigenvalue weighted by Gasteiger charge is 2.22. The van der Waals surface area contributed by atoms with E-state index in [0.29, 0.717) is 30.9 Å². The SMILES string of the molecule is COc1ccc(N2CCN(C(=O)COC(=O)c3cc[n+]([O-])cc3)CC2)cc1. The molecule has 0 spiro atoms. The van der Waals surface area contributed by atoms with Gasteiger partial charge in [-0.15, -0.1) is 0 Å². The molecule has 0 radical (unpaired) electrons. The third kappa shape index (κ3) is 4.66. The number of ether oxygens (including phenoxy) is 2. The molecule has 2 aromatic rings. The Hall–Kier alpha value is -3.29. The molecule has 1 fully saturated rings. The molecular weight excluding hydrogens is 350 g/mol. The van der Waals surface area contributed by atoms with Gasteiger partial charge in [-0.05, 0) is 24.3 Å². The lowest BCUT2D eigenvalue weighted by Crippen LogP contribution is -2.49. The van der Waals surface area contributed by atoms with Crippen molar-refractivity contribution in [1.29, 1.82) is 0 Å². The van der Waals surface area contributed by atoms with Crippen LogP contribution in [0.5, 0.6) is 5.75 Å². The summed E-state index contributed by atoms with van der Waals surface area (Å²) < 4.78 is 10.8. The van der Waals surface area contributed by atoms with E-state index in [1.54, 1.807) is 12.0 Å². The summed E-state index contributed by atoms with van der Waals surface area (Å²) in [4.78, 5) is 28.1. The van der Waals surface area contributed by atoms with E-state index < -0.39 is 5.97 Å². The van der Waals surface area contributed by atoms with Gasteiger partial charge in [0.1, 0.15) is 5.75 Å². The molecule has 142 valence electrons. The summed E-state index contributed by atoms with van der Waals surface area (Å²) in [6, 6.07) is 10.5. The Morgan fingerprint density at radius 3 is 2.26 bits per heavy atom. The van der Waals surface area contributed by atoms with Crippen molar-refractivity contribution < 1.29 is 23.8 Å². The number of nitrogens with zero attached hydrogens (tertiary/aromatic N) is 3. The second-order valence-corrected chi connectivity index (χ2v) is 6.09. The second-order valence-electron chi connectivity index (χ2n) is 6.09. The predicted octanol–water partition coefficient (Wildman–Crippen LogP) is 0.834. The smallest absolute Gasteiger partial charge is 0.339 e. The van der Waals surface area contributed by atoms with E-state index in [-0.39, 0.29) is 18.1 Å². The van der Waals surface area contributed by atoms with Crippen molar-refractivity contribution in [1.82, 2.24) is 4.90 Å². The number of carbonyl (C=O) groups is 2. The van der Waals surface area contributed by atoms with Gasteiger partial charge in [-0.2, -0.15) is 4.73 Å². The topological polar surface area (TPSA) is 86.0 Å². The number of hydrogen-bond acceptors (Lipinski definition) is 6. The highest BCUT2D eigenvalue weighted by molar-refractivity contribution is 5.91. The number of carbonyl (C=O) groups excluding carboxylic acids is 2. The Balaban J connectivity index is 1.46. The molecule has 1 aliphatic rings. The van der Waals surface area contributed by atoms with Gasteiger partial charge in [0.05, 0.1) is 12.7 Å². The van der Waals surface area contributed by atoms with Crippen LogP contribution in [-0.2, 0) is 9.53 Å². The van der Waals surface area contributed by atoms with E-state index in [2.05, 4.69) is 4.90 Å². The van der Waals surface area contributed by atoms with Crippen LogP contribution in [0.4, 0.5) is 5.69 Å². The quantitative estimate of drug-likeness (QED) is 0.440. The zero-order valence-electron chi connectivity index (χ0n) is 15.0. The van der Waals surface area contributed by atoms with E-state index in [9.17, 15) is 14.8 Å². The molecule has 8 nitrogen and oxygen atoms in total. The van der Waals surface area contributed by atoms with Gasteiger partial charge in [0.15, 0.2) is 19.0 Å². The zero-order chi connectivity index (χ0) is 19.2. The number of piperazine rings is 1. The standard InChI is InChI=1S/C19H21N3O5/c1-26-17-4-2-16(3-5-17)20-10-12-21(13-11-20)18(23)14-27-19(24)15-6-8-22(25)9-7-15/h2-9H,10-14H2,1H3. The van der Waals surface area contributed by atoms with Gasteiger partial charge in [-0.1, -0.05) is 0 Å². The molecule has 1 aromatic carbocycles. The van der Waals surface area contributed by atoms with E-state index >= 15 is 0 Å². The lowest BCUT2D eigenvalue weighted by Gasteiger charge is -2.36. The molecule has 0 atom stereocenters. The summed E-state index contributed by atoms with van der Waals surface area (Å²) in [5.74, 6) is -0.0498. The molecule has 0 saturated carbocycles. The molecule has 0 unspecified atom stereocenters. The maximum atomic E-state index is 12.3. The van der Waals surface area contributed by atoms with Gasteiger partial charge in [0, 0.05) is 44.0 Å². The Morgan fingerprint density at radius 1 is 1.04 bits per heavy atom. The van der Waals surface area contributed by atoms with E-state index in [1.165, 1.54) is 24.5 Å². The lowest BCUT2D eigenvalue weighted by atomic mass is 10.2. The van der Waals surface area contributed by atoms with Crippen molar-refractivity contribution in [2.45, 2.75) is 0 Å². The summed E-state index contributed by atoms with van der Waals surface area (Å²) >= 11 is 0. The predicted molar refractivity (Wildman–Crippen MR) is 97.5 cm³/mol. The number of methoxy groups -OCH3 is 1. The van der Waals surface area contributed by atoms with Gasteiger partial charge >= 0.3 is 5.97 Å². The largest absolute Gasteiger partial charge is 0.619 e. The third-order valence-electron chi connectivity index (χ3n) is 4.43. The number of rotatable bonds is 5. The molecule has 1 amide bonds. The van der Waals surface area contributed by atoms with Crippen molar-refractivity contribution in [3.8, 4) is 5.75 Å². The number of aromatic nitrogens is 1. The fourth-order valence-electron chi connectivity index (χ4n) is 2.86. The number of hydrogen-bond donors (Lipinski definition) is 0.